The number of aromatic nitrogens is 4. The average molecular weight is 381 g/mol. The van der Waals surface area contributed by atoms with Crippen molar-refractivity contribution in [2.24, 2.45) is 0 Å². The Hall–Kier alpha value is -3.64. The molecule has 0 atom stereocenters. The van der Waals surface area contributed by atoms with Gasteiger partial charge in [-0.2, -0.15) is 0 Å². The van der Waals surface area contributed by atoms with Crippen LogP contribution >= 0.6 is 11.3 Å². The fourth-order valence-corrected chi connectivity index (χ4v) is 3.77. The quantitative estimate of drug-likeness (QED) is 0.442. The van der Waals surface area contributed by atoms with Crippen LogP contribution in [0.25, 0.3) is 32.9 Å². The monoisotopic (exact) mass is 381 g/mol. The van der Waals surface area contributed by atoms with Crippen molar-refractivity contribution in [3.05, 3.63) is 84.6 Å². The summed E-state index contributed by atoms with van der Waals surface area (Å²) < 4.78 is 0. The van der Waals surface area contributed by atoms with Crippen molar-refractivity contribution in [2.75, 3.05) is 5.32 Å². The van der Waals surface area contributed by atoms with E-state index in [9.17, 15) is 0 Å². The highest BCUT2D eigenvalue weighted by atomic mass is 32.1. The van der Waals surface area contributed by atoms with Gasteiger partial charge in [0.05, 0.1) is 22.9 Å². The molecule has 3 aromatic heterocycles. The average Bonchev–Trinajstić information content (AvgIpc) is 3.25. The first-order chi connectivity index (χ1) is 13.8. The molecule has 0 amide bonds. The first kappa shape index (κ1) is 16.5. The summed E-state index contributed by atoms with van der Waals surface area (Å²) in [7, 11) is 0. The second kappa shape index (κ2) is 7.17. The van der Waals surface area contributed by atoms with Gasteiger partial charge in [0, 0.05) is 34.6 Å². The second-order valence-electron chi connectivity index (χ2n) is 6.23. The summed E-state index contributed by atoms with van der Waals surface area (Å²) in [6.45, 7) is 0. The van der Waals surface area contributed by atoms with Crippen molar-refractivity contribution in [3.63, 3.8) is 0 Å². The summed E-state index contributed by atoms with van der Waals surface area (Å²) >= 11 is 1.61. The van der Waals surface area contributed by atoms with E-state index in [-0.39, 0.29) is 0 Å². The van der Waals surface area contributed by atoms with E-state index in [0.717, 1.165) is 38.5 Å². The van der Waals surface area contributed by atoms with Gasteiger partial charge in [-0.25, -0.2) is 9.97 Å². The van der Waals surface area contributed by atoms with E-state index in [1.807, 2.05) is 54.7 Å². The molecule has 0 spiro atoms. The number of nitrogens with zero attached hydrogens (tertiary/aromatic N) is 4. The molecule has 5 aromatic rings. The van der Waals surface area contributed by atoms with E-state index in [2.05, 4.69) is 37.8 Å². The SMILES string of the molecule is c1cc(Nc2cnc3ccccc3n2)cc(-c2csc(-c3cccnc3)n2)c1. The largest absolute Gasteiger partial charge is 0.339 e. The van der Waals surface area contributed by atoms with E-state index in [1.165, 1.54) is 0 Å². The molecule has 28 heavy (non-hydrogen) atoms. The molecular formula is C22H15N5S. The summed E-state index contributed by atoms with van der Waals surface area (Å²) in [5.41, 5.74) is 5.70. The molecule has 0 bridgehead atoms. The number of pyridine rings is 1. The molecule has 134 valence electrons. The lowest BCUT2D eigenvalue weighted by molar-refractivity contribution is 1.28. The number of rotatable bonds is 4. The maximum Gasteiger partial charge on any atom is 0.149 e. The van der Waals surface area contributed by atoms with Gasteiger partial charge in [0.1, 0.15) is 10.8 Å². The van der Waals surface area contributed by atoms with Crippen molar-refractivity contribution in [2.45, 2.75) is 0 Å². The van der Waals surface area contributed by atoms with Gasteiger partial charge in [-0.3, -0.25) is 9.97 Å². The molecule has 0 saturated heterocycles. The summed E-state index contributed by atoms with van der Waals surface area (Å²) in [6, 6.07) is 19.9. The fraction of sp³-hybridized carbons (Fsp3) is 0. The second-order valence-corrected chi connectivity index (χ2v) is 7.09. The molecule has 0 aliphatic carbocycles. The lowest BCUT2D eigenvalue weighted by Crippen LogP contribution is -1.95. The third kappa shape index (κ3) is 3.33. The normalized spacial score (nSPS) is 10.9. The Kier molecular flexibility index (Phi) is 4.23. The lowest BCUT2D eigenvalue weighted by atomic mass is 10.1. The van der Waals surface area contributed by atoms with E-state index in [0.29, 0.717) is 5.82 Å². The third-order valence-corrected chi connectivity index (χ3v) is 5.18. The van der Waals surface area contributed by atoms with Gasteiger partial charge in [0.25, 0.3) is 0 Å². The predicted octanol–water partition coefficient (Wildman–Crippen LogP) is 5.56. The first-order valence-corrected chi connectivity index (χ1v) is 9.68. The summed E-state index contributed by atoms with van der Waals surface area (Å²) in [6.07, 6.45) is 5.35. The highest BCUT2D eigenvalue weighted by molar-refractivity contribution is 7.13. The first-order valence-electron chi connectivity index (χ1n) is 8.80. The maximum atomic E-state index is 4.76. The third-order valence-electron chi connectivity index (χ3n) is 4.29. The Bertz CT molecular complexity index is 1250. The molecule has 5 nitrogen and oxygen atoms in total. The van der Waals surface area contributed by atoms with Crippen molar-refractivity contribution in [1.29, 1.82) is 0 Å². The summed E-state index contributed by atoms with van der Waals surface area (Å²) in [5, 5.41) is 6.36. The topological polar surface area (TPSA) is 63.6 Å². The molecule has 5 rings (SSSR count). The summed E-state index contributed by atoms with van der Waals surface area (Å²) in [5.74, 6) is 0.713. The molecule has 0 fully saturated rings. The zero-order chi connectivity index (χ0) is 18.8. The molecule has 0 radical (unpaired) electrons. The molecule has 0 saturated carbocycles. The van der Waals surface area contributed by atoms with Crippen LogP contribution in [-0.2, 0) is 0 Å². The molecule has 0 aliphatic heterocycles. The minimum Gasteiger partial charge on any atom is -0.339 e. The van der Waals surface area contributed by atoms with Crippen LogP contribution in [0.5, 0.6) is 0 Å². The number of benzene rings is 2. The number of nitrogens with one attached hydrogen (secondary N) is 1. The molecule has 3 heterocycles. The Labute approximate surface area is 165 Å². The van der Waals surface area contributed by atoms with Crippen molar-refractivity contribution >= 4 is 33.9 Å². The van der Waals surface area contributed by atoms with Crippen LogP contribution in [0.2, 0.25) is 0 Å². The van der Waals surface area contributed by atoms with Gasteiger partial charge >= 0.3 is 0 Å². The van der Waals surface area contributed by atoms with E-state index in [4.69, 9.17) is 4.98 Å². The zero-order valence-corrected chi connectivity index (χ0v) is 15.6. The highest BCUT2D eigenvalue weighted by Gasteiger charge is 2.08. The van der Waals surface area contributed by atoms with Crippen LogP contribution in [0.3, 0.4) is 0 Å². The fourth-order valence-electron chi connectivity index (χ4n) is 2.95. The van der Waals surface area contributed by atoms with E-state index < -0.39 is 0 Å². The van der Waals surface area contributed by atoms with Crippen LogP contribution in [0.4, 0.5) is 11.5 Å². The molecule has 6 heteroatoms. The van der Waals surface area contributed by atoms with Gasteiger partial charge in [-0.15, -0.1) is 11.3 Å². The van der Waals surface area contributed by atoms with Crippen LogP contribution < -0.4 is 5.32 Å². The van der Waals surface area contributed by atoms with Gasteiger partial charge in [0.15, 0.2) is 0 Å². The number of hydrogen-bond donors (Lipinski definition) is 1. The lowest BCUT2D eigenvalue weighted by Gasteiger charge is -2.07. The van der Waals surface area contributed by atoms with Gasteiger partial charge in [-0.05, 0) is 36.4 Å². The van der Waals surface area contributed by atoms with Crippen LogP contribution in [-0.4, -0.2) is 19.9 Å². The predicted molar refractivity (Wildman–Crippen MR) is 114 cm³/mol. The van der Waals surface area contributed by atoms with Gasteiger partial charge < -0.3 is 5.32 Å². The van der Waals surface area contributed by atoms with E-state index >= 15 is 0 Å². The van der Waals surface area contributed by atoms with Crippen molar-refractivity contribution < 1.29 is 0 Å². The Morgan fingerprint density at radius 1 is 0.786 bits per heavy atom. The molecule has 0 unspecified atom stereocenters. The van der Waals surface area contributed by atoms with Crippen LogP contribution in [0.15, 0.2) is 84.6 Å². The number of anilines is 2. The van der Waals surface area contributed by atoms with Gasteiger partial charge in [0.2, 0.25) is 0 Å². The maximum absolute atomic E-state index is 4.76. The van der Waals surface area contributed by atoms with E-state index in [1.54, 1.807) is 23.7 Å². The zero-order valence-electron chi connectivity index (χ0n) is 14.8. The smallest absolute Gasteiger partial charge is 0.149 e. The number of fused-ring (bicyclic) bond motifs is 1. The van der Waals surface area contributed by atoms with Crippen LogP contribution in [0.1, 0.15) is 0 Å². The highest BCUT2D eigenvalue weighted by Crippen LogP contribution is 2.30. The Balaban J connectivity index is 1.42. The minimum absolute atomic E-state index is 0.713. The number of hydrogen-bond acceptors (Lipinski definition) is 6. The number of thiazole rings is 1. The molecular weight excluding hydrogens is 366 g/mol. The number of para-hydroxylation sites is 2. The van der Waals surface area contributed by atoms with Gasteiger partial charge in [-0.1, -0.05) is 24.3 Å². The standard InChI is InChI=1S/C22H15N5S/c1-2-9-19-18(8-1)24-13-21(26-19)25-17-7-3-5-15(11-17)20-14-28-22(27-20)16-6-4-10-23-12-16/h1-14H,(H,25,26). The molecule has 2 aromatic carbocycles. The van der Waals surface area contributed by atoms with Crippen LogP contribution in [0, 0.1) is 0 Å². The minimum atomic E-state index is 0.713. The Morgan fingerprint density at radius 3 is 2.57 bits per heavy atom. The van der Waals surface area contributed by atoms with Crippen molar-refractivity contribution in [1.82, 2.24) is 19.9 Å². The molecule has 1 N–H and O–H groups in total. The van der Waals surface area contributed by atoms with Crippen molar-refractivity contribution in [3.8, 4) is 21.8 Å². The summed E-state index contributed by atoms with van der Waals surface area (Å²) in [4.78, 5) is 18.0. The Morgan fingerprint density at radius 2 is 1.68 bits per heavy atom. The molecule has 0 aliphatic rings.